The van der Waals surface area contributed by atoms with E-state index in [-0.39, 0.29) is 0 Å². The lowest BCUT2D eigenvalue weighted by Crippen LogP contribution is -2.59. The van der Waals surface area contributed by atoms with Gasteiger partial charge in [0.15, 0.2) is 0 Å². The van der Waals surface area contributed by atoms with Crippen LogP contribution in [0.15, 0.2) is 0 Å². The van der Waals surface area contributed by atoms with Gasteiger partial charge in [-0.3, -0.25) is 4.90 Å². The van der Waals surface area contributed by atoms with E-state index in [1.165, 1.54) is 64.3 Å². The Labute approximate surface area is 113 Å². The van der Waals surface area contributed by atoms with E-state index in [4.69, 9.17) is 5.73 Å². The van der Waals surface area contributed by atoms with Crippen molar-refractivity contribution in [3.63, 3.8) is 0 Å². The largest absolute Gasteiger partial charge is 0.329 e. The zero-order chi connectivity index (χ0) is 13.0. The van der Waals surface area contributed by atoms with Crippen molar-refractivity contribution in [1.29, 1.82) is 0 Å². The van der Waals surface area contributed by atoms with Crippen LogP contribution in [0.4, 0.5) is 0 Å². The molecule has 0 spiro atoms. The van der Waals surface area contributed by atoms with Crippen LogP contribution in [0, 0.1) is 5.92 Å². The first-order chi connectivity index (χ1) is 8.72. The quantitative estimate of drug-likeness (QED) is 0.832. The molecular formula is C16H32N2. The molecule has 0 aromatic carbocycles. The number of hydrogen-bond acceptors (Lipinski definition) is 2. The van der Waals surface area contributed by atoms with Crippen LogP contribution in [-0.2, 0) is 0 Å². The van der Waals surface area contributed by atoms with Gasteiger partial charge >= 0.3 is 0 Å². The van der Waals surface area contributed by atoms with E-state index in [9.17, 15) is 0 Å². The van der Waals surface area contributed by atoms with Crippen molar-refractivity contribution in [1.82, 2.24) is 4.90 Å². The van der Waals surface area contributed by atoms with Crippen LogP contribution in [0.1, 0.15) is 71.6 Å². The molecule has 2 nitrogen and oxygen atoms in total. The van der Waals surface area contributed by atoms with Crippen molar-refractivity contribution < 1.29 is 0 Å². The summed E-state index contributed by atoms with van der Waals surface area (Å²) in [6.07, 6.45) is 12.4. The maximum atomic E-state index is 6.24. The van der Waals surface area contributed by atoms with Crippen LogP contribution in [0.2, 0.25) is 0 Å². The third kappa shape index (κ3) is 2.91. The molecule has 2 N–H and O–H groups in total. The van der Waals surface area contributed by atoms with Crippen molar-refractivity contribution in [2.75, 3.05) is 13.1 Å². The molecule has 0 amide bonds. The van der Waals surface area contributed by atoms with Crippen LogP contribution in [-0.4, -0.2) is 29.6 Å². The summed E-state index contributed by atoms with van der Waals surface area (Å²) in [5.41, 5.74) is 6.59. The normalized spacial score (nSPS) is 39.5. The van der Waals surface area contributed by atoms with Gasteiger partial charge < -0.3 is 5.73 Å². The zero-order valence-electron chi connectivity index (χ0n) is 12.5. The molecule has 0 radical (unpaired) electrons. The minimum absolute atomic E-state index is 0.345. The topological polar surface area (TPSA) is 29.3 Å². The highest BCUT2D eigenvalue weighted by Crippen LogP contribution is 2.39. The Morgan fingerprint density at radius 3 is 2.44 bits per heavy atom. The monoisotopic (exact) mass is 252 g/mol. The van der Waals surface area contributed by atoms with Crippen molar-refractivity contribution in [2.45, 2.75) is 83.2 Å². The lowest BCUT2D eigenvalue weighted by molar-refractivity contribution is 0.00954. The van der Waals surface area contributed by atoms with E-state index < -0.39 is 0 Å². The first-order valence-electron chi connectivity index (χ1n) is 8.18. The third-order valence-electron chi connectivity index (χ3n) is 5.54. The highest BCUT2D eigenvalue weighted by atomic mass is 15.2. The molecule has 0 bridgehead atoms. The molecule has 0 aromatic heterocycles. The number of likely N-dealkylation sites (tertiary alicyclic amines) is 1. The molecule has 2 rings (SSSR count). The molecule has 1 saturated heterocycles. The summed E-state index contributed by atoms with van der Waals surface area (Å²) < 4.78 is 0. The summed E-state index contributed by atoms with van der Waals surface area (Å²) >= 11 is 0. The fourth-order valence-corrected chi connectivity index (χ4v) is 4.13. The van der Waals surface area contributed by atoms with Crippen molar-refractivity contribution in [2.24, 2.45) is 11.7 Å². The SMILES string of the molecule is CCC1CCCCCN1C1(CN)CCC(C)CC1. The van der Waals surface area contributed by atoms with Crippen LogP contribution < -0.4 is 5.73 Å². The first-order valence-corrected chi connectivity index (χ1v) is 8.18. The molecule has 1 saturated carbocycles. The second-order valence-electron chi connectivity index (χ2n) is 6.72. The van der Waals surface area contributed by atoms with Gasteiger partial charge in [0.1, 0.15) is 0 Å². The molecule has 2 aliphatic rings. The Morgan fingerprint density at radius 2 is 1.83 bits per heavy atom. The fraction of sp³-hybridized carbons (Fsp3) is 1.00. The van der Waals surface area contributed by atoms with E-state index in [1.807, 2.05) is 0 Å². The minimum atomic E-state index is 0.345. The van der Waals surface area contributed by atoms with Crippen LogP contribution in [0.5, 0.6) is 0 Å². The van der Waals surface area contributed by atoms with Gasteiger partial charge in [0, 0.05) is 18.1 Å². The van der Waals surface area contributed by atoms with Crippen molar-refractivity contribution in [3.8, 4) is 0 Å². The van der Waals surface area contributed by atoms with Gasteiger partial charge in [-0.05, 0) is 57.4 Å². The van der Waals surface area contributed by atoms with Crippen molar-refractivity contribution in [3.05, 3.63) is 0 Å². The molecule has 1 heterocycles. The van der Waals surface area contributed by atoms with E-state index in [1.54, 1.807) is 0 Å². The van der Waals surface area contributed by atoms with Gasteiger partial charge in [-0.1, -0.05) is 26.7 Å². The lowest BCUT2D eigenvalue weighted by atomic mass is 9.75. The summed E-state index contributed by atoms with van der Waals surface area (Å²) in [4.78, 5) is 2.84. The Kier molecular flexibility index (Phi) is 5.08. The summed E-state index contributed by atoms with van der Waals surface area (Å²) in [7, 11) is 0. The van der Waals surface area contributed by atoms with Crippen LogP contribution >= 0.6 is 0 Å². The highest BCUT2D eigenvalue weighted by Gasteiger charge is 2.41. The predicted molar refractivity (Wildman–Crippen MR) is 78.7 cm³/mol. The van der Waals surface area contributed by atoms with Crippen molar-refractivity contribution >= 4 is 0 Å². The van der Waals surface area contributed by atoms with Gasteiger partial charge in [-0.15, -0.1) is 0 Å². The maximum absolute atomic E-state index is 6.24. The predicted octanol–water partition coefficient (Wildman–Crippen LogP) is 3.55. The summed E-state index contributed by atoms with van der Waals surface area (Å²) in [5, 5.41) is 0. The average Bonchev–Trinajstić information content (AvgIpc) is 2.65. The zero-order valence-corrected chi connectivity index (χ0v) is 12.5. The summed E-state index contributed by atoms with van der Waals surface area (Å²) in [6.45, 7) is 6.93. The molecule has 1 atom stereocenters. The molecular weight excluding hydrogens is 220 g/mol. The number of rotatable bonds is 3. The second kappa shape index (κ2) is 6.38. The highest BCUT2D eigenvalue weighted by molar-refractivity contribution is 4.98. The molecule has 18 heavy (non-hydrogen) atoms. The minimum Gasteiger partial charge on any atom is -0.329 e. The maximum Gasteiger partial charge on any atom is 0.0334 e. The third-order valence-corrected chi connectivity index (χ3v) is 5.54. The van der Waals surface area contributed by atoms with E-state index in [0.717, 1.165) is 18.5 Å². The molecule has 1 unspecified atom stereocenters. The van der Waals surface area contributed by atoms with Gasteiger partial charge in [-0.25, -0.2) is 0 Å². The Balaban J connectivity index is 2.13. The van der Waals surface area contributed by atoms with Gasteiger partial charge in [-0.2, -0.15) is 0 Å². The Morgan fingerprint density at radius 1 is 1.11 bits per heavy atom. The number of hydrogen-bond donors (Lipinski definition) is 1. The van der Waals surface area contributed by atoms with Crippen LogP contribution in [0.3, 0.4) is 0 Å². The average molecular weight is 252 g/mol. The van der Waals surface area contributed by atoms with E-state index in [0.29, 0.717) is 5.54 Å². The Bertz CT molecular complexity index is 243. The number of nitrogens with zero attached hydrogens (tertiary/aromatic N) is 1. The molecule has 106 valence electrons. The second-order valence-corrected chi connectivity index (χ2v) is 6.72. The van der Waals surface area contributed by atoms with E-state index >= 15 is 0 Å². The number of nitrogens with two attached hydrogens (primary N) is 1. The van der Waals surface area contributed by atoms with Gasteiger partial charge in [0.25, 0.3) is 0 Å². The van der Waals surface area contributed by atoms with Gasteiger partial charge in [0.2, 0.25) is 0 Å². The molecule has 2 fully saturated rings. The fourth-order valence-electron chi connectivity index (χ4n) is 4.13. The summed E-state index contributed by atoms with van der Waals surface area (Å²) in [5.74, 6) is 0.914. The molecule has 0 aromatic rings. The molecule has 2 heteroatoms. The standard InChI is InChI=1S/C16H32N2/c1-3-15-7-5-4-6-12-18(15)16(13-17)10-8-14(2)9-11-16/h14-15H,3-13,17H2,1-2H3. The first kappa shape index (κ1) is 14.3. The summed E-state index contributed by atoms with van der Waals surface area (Å²) in [6, 6.07) is 0.796. The molecule has 1 aliphatic heterocycles. The smallest absolute Gasteiger partial charge is 0.0334 e. The molecule has 1 aliphatic carbocycles. The van der Waals surface area contributed by atoms with Crippen LogP contribution in [0.25, 0.3) is 0 Å². The lowest BCUT2D eigenvalue weighted by Gasteiger charge is -2.50. The Hall–Kier alpha value is -0.0800. The van der Waals surface area contributed by atoms with Gasteiger partial charge in [0.05, 0.1) is 0 Å². The van der Waals surface area contributed by atoms with E-state index in [2.05, 4.69) is 18.7 Å².